The van der Waals surface area contributed by atoms with Crippen molar-refractivity contribution in [2.45, 2.75) is 38.1 Å². The number of H-pyrrole nitrogens is 1. The van der Waals surface area contributed by atoms with Crippen LogP contribution in [0.15, 0.2) is 36.8 Å². The van der Waals surface area contributed by atoms with E-state index in [-0.39, 0.29) is 5.91 Å². The summed E-state index contributed by atoms with van der Waals surface area (Å²) < 4.78 is 1.58. The summed E-state index contributed by atoms with van der Waals surface area (Å²) in [5, 5.41) is 27.3. The number of nitrogens with one attached hydrogen (secondary N) is 5. The lowest BCUT2D eigenvalue weighted by Gasteiger charge is -2.37. The van der Waals surface area contributed by atoms with Gasteiger partial charge in [0.1, 0.15) is 5.69 Å². The molecule has 6 rings (SSSR count). The van der Waals surface area contributed by atoms with Gasteiger partial charge in [-0.2, -0.15) is 4.98 Å². The average molecular weight is 574 g/mol. The van der Waals surface area contributed by atoms with Crippen molar-refractivity contribution in [1.82, 2.24) is 29.5 Å². The first-order chi connectivity index (χ1) is 20.0. The van der Waals surface area contributed by atoms with Gasteiger partial charge in [-0.25, -0.2) is 9.50 Å². The molecule has 212 valence electrons. The van der Waals surface area contributed by atoms with Crippen molar-refractivity contribution in [3.63, 3.8) is 0 Å². The number of rotatable bonds is 11. The third-order valence-electron chi connectivity index (χ3n) is 7.44. The molecule has 0 bridgehead atoms. The second-order valence-corrected chi connectivity index (χ2v) is 10.8. The molecule has 0 radical (unpaired) electrons. The van der Waals surface area contributed by atoms with E-state index in [1.54, 1.807) is 16.8 Å². The lowest BCUT2D eigenvalue weighted by molar-refractivity contribution is -0.131. The van der Waals surface area contributed by atoms with E-state index in [4.69, 9.17) is 22.4 Å². The highest BCUT2D eigenvalue weighted by atomic mass is 35.5. The monoisotopic (exact) mass is 573 g/mol. The largest absolute Gasteiger partial charge is 0.367 e. The van der Waals surface area contributed by atoms with Crippen molar-refractivity contribution in [3.8, 4) is 0 Å². The summed E-state index contributed by atoms with van der Waals surface area (Å²) >= 11 is 6.94. The number of fused-ring (bicyclic) bond motifs is 1. The van der Waals surface area contributed by atoms with Gasteiger partial charge >= 0.3 is 0 Å². The van der Waals surface area contributed by atoms with Gasteiger partial charge in [0.05, 0.1) is 22.6 Å². The SMILES string of the molecule is N=Cc1cc(Nc2nc(NC3CC3)c3ncc(C=N)n3n2)c(Cl)c(N2CCN(C(=O)CCCc3cc[nH]c3)CC2)c1. The van der Waals surface area contributed by atoms with Crippen LogP contribution >= 0.6 is 11.6 Å². The number of aryl methyl sites for hydroxylation is 1. The van der Waals surface area contributed by atoms with Crippen molar-refractivity contribution in [2.75, 3.05) is 41.7 Å². The third-order valence-corrected chi connectivity index (χ3v) is 7.83. The summed E-state index contributed by atoms with van der Waals surface area (Å²) in [5.41, 5.74) is 4.33. The molecule has 0 unspecified atom stereocenters. The minimum absolute atomic E-state index is 0.175. The van der Waals surface area contributed by atoms with E-state index >= 15 is 0 Å². The smallest absolute Gasteiger partial charge is 0.247 e. The minimum Gasteiger partial charge on any atom is -0.367 e. The molecule has 0 spiro atoms. The van der Waals surface area contributed by atoms with Crippen LogP contribution in [-0.4, -0.2) is 80.0 Å². The zero-order valence-electron chi connectivity index (χ0n) is 22.5. The minimum atomic E-state index is 0.175. The normalized spacial score (nSPS) is 15.2. The van der Waals surface area contributed by atoms with Crippen LogP contribution in [0.3, 0.4) is 0 Å². The number of aromatic nitrogens is 5. The Kier molecular flexibility index (Phi) is 7.55. The maximum Gasteiger partial charge on any atom is 0.247 e. The van der Waals surface area contributed by atoms with Crippen LogP contribution in [0.25, 0.3) is 5.65 Å². The number of halogens is 1. The molecule has 1 aliphatic heterocycles. The Labute approximate surface area is 242 Å². The fourth-order valence-electron chi connectivity index (χ4n) is 5.04. The van der Waals surface area contributed by atoms with Crippen molar-refractivity contribution in [3.05, 3.63) is 58.6 Å². The van der Waals surface area contributed by atoms with Crippen LogP contribution in [0, 0.1) is 10.8 Å². The number of anilines is 4. The summed E-state index contributed by atoms with van der Waals surface area (Å²) in [6.07, 6.45) is 12.3. The van der Waals surface area contributed by atoms with E-state index < -0.39 is 0 Å². The lowest BCUT2D eigenvalue weighted by Crippen LogP contribution is -2.48. The molecule has 3 aromatic heterocycles. The van der Waals surface area contributed by atoms with Gasteiger partial charge in [0.25, 0.3) is 0 Å². The predicted octanol–water partition coefficient (Wildman–Crippen LogP) is 4.09. The average Bonchev–Trinajstić information content (AvgIpc) is 3.46. The number of piperazine rings is 1. The van der Waals surface area contributed by atoms with Gasteiger partial charge < -0.3 is 36.2 Å². The number of hydrogen-bond acceptors (Lipinski definition) is 9. The van der Waals surface area contributed by atoms with Crippen LogP contribution in [0.5, 0.6) is 0 Å². The maximum absolute atomic E-state index is 12.8. The maximum atomic E-state index is 12.8. The van der Waals surface area contributed by atoms with Crippen molar-refractivity contribution in [2.24, 2.45) is 0 Å². The van der Waals surface area contributed by atoms with Crippen LogP contribution in [-0.2, 0) is 11.2 Å². The Balaban J connectivity index is 1.18. The molecule has 4 aromatic rings. The lowest BCUT2D eigenvalue weighted by atomic mass is 10.1. The third kappa shape index (κ3) is 5.87. The van der Waals surface area contributed by atoms with E-state index in [1.165, 1.54) is 18.0 Å². The molecule has 1 aromatic carbocycles. The second kappa shape index (κ2) is 11.6. The molecule has 1 amide bonds. The fraction of sp³-hybridized carbons (Fsp3) is 0.357. The van der Waals surface area contributed by atoms with Crippen molar-refractivity contribution < 1.29 is 4.79 Å². The Bertz CT molecular complexity index is 1570. The van der Waals surface area contributed by atoms with Gasteiger partial charge in [-0.05, 0) is 55.0 Å². The molecule has 4 heterocycles. The van der Waals surface area contributed by atoms with Gasteiger partial charge in [-0.15, -0.1) is 5.10 Å². The van der Waals surface area contributed by atoms with Crippen LogP contribution < -0.4 is 15.5 Å². The predicted molar refractivity (Wildman–Crippen MR) is 160 cm³/mol. The molecular formula is C28H32ClN11O. The van der Waals surface area contributed by atoms with Crippen molar-refractivity contribution >= 4 is 58.7 Å². The highest BCUT2D eigenvalue weighted by Crippen LogP contribution is 2.36. The summed E-state index contributed by atoms with van der Waals surface area (Å²) in [6, 6.07) is 6.07. The first-order valence-corrected chi connectivity index (χ1v) is 14.2. The Morgan fingerprint density at radius 3 is 2.71 bits per heavy atom. The molecule has 41 heavy (non-hydrogen) atoms. The summed E-state index contributed by atoms with van der Waals surface area (Å²) in [7, 11) is 0. The molecule has 1 saturated carbocycles. The fourth-order valence-corrected chi connectivity index (χ4v) is 5.31. The van der Waals surface area contributed by atoms with Gasteiger partial charge in [-0.3, -0.25) is 4.79 Å². The summed E-state index contributed by atoms with van der Waals surface area (Å²) in [5.74, 6) is 1.06. The molecule has 5 N–H and O–H groups in total. The van der Waals surface area contributed by atoms with Gasteiger partial charge in [0.15, 0.2) is 11.5 Å². The number of benzene rings is 1. The van der Waals surface area contributed by atoms with Gasteiger partial charge in [-0.1, -0.05) is 11.6 Å². The quantitative estimate of drug-likeness (QED) is 0.169. The van der Waals surface area contributed by atoms with E-state index in [2.05, 4.69) is 35.6 Å². The van der Waals surface area contributed by atoms with Crippen molar-refractivity contribution in [1.29, 1.82) is 10.8 Å². The Morgan fingerprint density at radius 1 is 1.17 bits per heavy atom. The zero-order chi connectivity index (χ0) is 28.3. The van der Waals surface area contributed by atoms with Gasteiger partial charge in [0.2, 0.25) is 11.9 Å². The first kappa shape index (κ1) is 26.8. The zero-order valence-corrected chi connectivity index (χ0v) is 23.3. The van der Waals surface area contributed by atoms with Crippen LogP contribution in [0.2, 0.25) is 5.02 Å². The topological polar surface area (TPSA) is 154 Å². The molecular weight excluding hydrogens is 542 g/mol. The highest BCUT2D eigenvalue weighted by Gasteiger charge is 2.26. The van der Waals surface area contributed by atoms with Gasteiger partial charge in [0, 0.05) is 63.5 Å². The number of imidazole rings is 1. The number of aromatic amines is 1. The number of carbonyl (C=O) groups excluding carboxylic acids is 1. The summed E-state index contributed by atoms with van der Waals surface area (Å²) in [4.78, 5) is 29.0. The number of amides is 1. The van der Waals surface area contributed by atoms with Crippen LogP contribution in [0.1, 0.15) is 42.5 Å². The van der Waals surface area contributed by atoms with E-state index in [9.17, 15) is 4.79 Å². The number of carbonyl (C=O) groups is 1. The Morgan fingerprint density at radius 2 is 2.00 bits per heavy atom. The van der Waals surface area contributed by atoms with E-state index in [1.807, 2.05) is 29.4 Å². The van der Waals surface area contributed by atoms with E-state index in [0.29, 0.717) is 78.0 Å². The number of hydrogen-bond donors (Lipinski definition) is 5. The molecule has 1 aliphatic carbocycles. The molecule has 0 atom stereocenters. The second-order valence-electron chi connectivity index (χ2n) is 10.4. The first-order valence-electron chi connectivity index (χ1n) is 13.8. The Hall–Kier alpha value is -4.45. The molecule has 2 fully saturated rings. The van der Waals surface area contributed by atoms with E-state index in [0.717, 1.165) is 31.4 Å². The molecule has 2 aliphatic rings. The van der Waals surface area contributed by atoms with Crippen LogP contribution in [0.4, 0.5) is 23.1 Å². The standard InChI is InChI=1S/C28H32ClN11O/c29-25-22(35-28-36-26(34-20-4-5-20)27-33-17-21(15-31)40(27)37-28)12-19(14-30)13-23(25)38-8-10-39(11-9-38)24(41)3-1-2-18-6-7-32-16-18/h6-7,12-17,20,30-32H,1-5,8-11H2,(H2,34,35,36,37). The highest BCUT2D eigenvalue weighted by molar-refractivity contribution is 6.36. The number of nitrogens with zero attached hydrogens (tertiary/aromatic N) is 6. The molecule has 1 saturated heterocycles. The molecule has 13 heteroatoms. The summed E-state index contributed by atoms with van der Waals surface area (Å²) in [6.45, 7) is 2.50. The molecule has 12 nitrogen and oxygen atoms in total.